The molecule has 1 atom stereocenters. The molecule has 0 saturated heterocycles. The lowest BCUT2D eigenvalue weighted by Crippen LogP contribution is -2.28. The topological polar surface area (TPSA) is 65.7 Å². The minimum atomic E-state index is -0.629. The fraction of sp³-hybridized carbons (Fsp3) is 0.200. The van der Waals surface area contributed by atoms with E-state index in [1.165, 1.54) is 9.75 Å². The summed E-state index contributed by atoms with van der Waals surface area (Å²) in [4.78, 5) is 30.5. The van der Waals surface area contributed by atoms with Gasteiger partial charge in [0.25, 0.3) is 0 Å². The second kappa shape index (κ2) is 5.61. The van der Waals surface area contributed by atoms with Gasteiger partial charge < -0.3 is 9.97 Å². The van der Waals surface area contributed by atoms with Crippen LogP contribution in [0.1, 0.15) is 27.1 Å². The van der Waals surface area contributed by atoms with Gasteiger partial charge in [0.1, 0.15) is 0 Å². The highest BCUT2D eigenvalue weighted by Gasteiger charge is 2.13. The van der Waals surface area contributed by atoms with Crippen LogP contribution < -0.4 is 11.1 Å². The van der Waals surface area contributed by atoms with Gasteiger partial charge in [0, 0.05) is 9.75 Å². The van der Waals surface area contributed by atoms with E-state index in [1.807, 2.05) is 18.2 Å². The highest BCUT2D eigenvalue weighted by Crippen LogP contribution is 2.36. The molecule has 0 bridgehead atoms. The summed E-state index contributed by atoms with van der Waals surface area (Å²) >= 11 is 5.47. The van der Waals surface area contributed by atoms with Crippen LogP contribution in [0.25, 0.3) is 11.0 Å². The van der Waals surface area contributed by atoms with Crippen molar-refractivity contribution in [1.29, 1.82) is 0 Å². The lowest BCUT2D eigenvalue weighted by atomic mass is 10.1. The maximum atomic E-state index is 11.4. The molecular weight excluding hydrogens is 352 g/mol. The van der Waals surface area contributed by atoms with Crippen molar-refractivity contribution in [3.05, 3.63) is 66.4 Å². The monoisotopic (exact) mass is 364 g/mol. The van der Waals surface area contributed by atoms with Gasteiger partial charge in [-0.25, -0.2) is 0 Å². The normalized spacial score (nSPS) is 12.7. The number of halogens is 1. The lowest BCUT2D eigenvalue weighted by Gasteiger charge is -2.09. The van der Waals surface area contributed by atoms with Crippen LogP contribution in [0.15, 0.2) is 39.9 Å². The number of nitrogens with one attached hydrogen (secondary N) is 2. The van der Waals surface area contributed by atoms with Crippen LogP contribution in [-0.4, -0.2) is 9.97 Å². The minimum Gasteiger partial charge on any atom is -0.316 e. The van der Waals surface area contributed by atoms with Crippen LogP contribution in [0.5, 0.6) is 0 Å². The van der Waals surface area contributed by atoms with Gasteiger partial charge in [0.05, 0.1) is 15.9 Å². The molecule has 2 heterocycles. The zero-order chi connectivity index (χ0) is 15.0. The number of benzene rings is 1. The van der Waals surface area contributed by atoms with Crippen molar-refractivity contribution in [3.63, 3.8) is 0 Å². The fourth-order valence-electron chi connectivity index (χ4n) is 2.18. The summed E-state index contributed by atoms with van der Waals surface area (Å²) in [6, 6.07) is 9.89. The molecule has 3 aromatic rings. The maximum Gasteiger partial charge on any atom is 0.314 e. The highest BCUT2D eigenvalue weighted by atomic mass is 79.9. The zero-order valence-corrected chi connectivity index (χ0v) is 13.7. The molecule has 3 rings (SSSR count). The first-order chi connectivity index (χ1) is 10.1. The molecule has 2 aromatic heterocycles. The van der Waals surface area contributed by atoms with Crippen molar-refractivity contribution >= 4 is 38.3 Å². The Kier molecular flexibility index (Phi) is 3.82. The van der Waals surface area contributed by atoms with Gasteiger partial charge >= 0.3 is 11.1 Å². The first-order valence-electron chi connectivity index (χ1n) is 6.57. The molecule has 0 radical (unpaired) electrons. The van der Waals surface area contributed by atoms with E-state index in [0.717, 1.165) is 12.0 Å². The summed E-state index contributed by atoms with van der Waals surface area (Å²) in [5, 5.41) is 0. The van der Waals surface area contributed by atoms with Crippen LogP contribution in [-0.2, 0) is 6.42 Å². The predicted molar refractivity (Wildman–Crippen MR) is 89.7 cm³/mol. The smallest absolute Gasteiger partial charge is 0.314 e. The van der Waals surface area contributed by atoms with Gasteiger partial charge in [0.15, 0.2) is 0 Å². The molecule has 0 saturated carbocycles. The second-order valence-corrected chi connectivity index (χ2v) is 6.85. The second-order valence-electron chi connectivity index (χ2n) is 4.73. The van der Waals surface area contributed by atoms with E-state index in [-0.39, 0.29) is 4.83 Å². The van der Waals surface area contributed by atoms with Crippen LogP contribution >= 0.6 is 27.3 Å². The molecule has 0 amide bonds. The van der Waals surface area contributed by atoms with Gasteiger partial charge in [-0.3, -0.25) is 9.59 Å². The minimum absolute atomic E-state index is 0.0719. The molecule has 0 aliphatic heterocycles. The maximum absolute atomic E-state index is 11.4. The van der Waals surface area contributed by atoms with E-state index in [4.69, 9.17) is 0 Å². The molecule has 108 valence electrons. The fourth-order valence-corrected chi connectivity index (χ4v) is 3.85. The summed E-state index contributed by atoms with van der Waals surface area (Å²) in [7, 11) is 0. The van der Waals surface area contributed by atoms with E-state index in [1.54, 1.807) is 11.3 Å². The largest absolute Gasteiger partial charge is 0.316 e. The standard InChI is InChI=1S/C15H13BrN2O2S/c1-2-9-4-6-12(21-9)13(16)8-3-5-10-11(7-8)18-15(20)14(19)17-10/h3-7,13H,2H2,1H3,(H,17,19)(H,18,20). The number of hydrogen-bond acceptors (Lipinski definition) is 3. The Morgan fingerprint density at radius 3 is 2.48 bits per heavy atom. The van der Waals surface area contributed by atoms with Crippen LogP contribution in [0.2, 0.25) is 0 Å². The Bertz CT molecular complexity index is 910. The van der Waals surface area contributed by atoms with Gasteiger partial charge in [-0.05, 0) is 36.2 Å². The lowest BCUT2D eigenvalue weighted by molar-refractivity contribution is 1.13. The molecule has 0 fully saturated rings. The summed E-state index contributed by atoms with van der Waals surface area (Å²) in [6.07, 6.45) is 1.02. The third kappa shape index (κ3) is 2.73. The van der Waals surface area contributed by atoms with Crippen molar-refractivity contribution in [2.75, 3.05) is 0 Å². The number of rotatable bonds is 3. The molecule has 2 N–H and O–H groups in total. The first kappa shape index (κ1) is 14.3. The Balaban J connectivity index is 2.05. The van der Waals surface area contributed by atoms with Crippen LogP contribution in [0.3, 0.4) is 0 Å². The number of H-pyrrole nitrogens is 2. The number of hydrogen-bond donors (Lipinski definition) is 2. The van der Waals surface area contributed by atoms with Crippen molar-refractivity contribution in [3.8, 4) is 0 Å². The Hall–Kier alpha value is -1.66. The Labute approximate surface area is 133 Å². The summed E-state index contributed by atoms with van der Waals surface area (Å²) in [6.45, 7) is 2.13. The van der Waals surface area contributed by atoms with Crippen molar-refractivity contribution in [1.82, 2.24) is 9.97 Å². The average Bonchev–Trinajstić information content (AvgIpc) is 2.96. The Morgan fingerprint density at radius 1 is 1.10 bits per heavy atom. The summed E-state index contributed by atoms with van der Waals surface area (Å²) in [5.41, 5.74) is 1.04. The number of thiophene rings is 1. The van der Waals surface area contributed by atoms with Gasteiger partial charge in [-0.1, -0.05) is 28.9 Å². The van der Waals surface area contributed by atoms with Crippen LogP contribution in [0.4, 0.5) is 0 Å². The number of fused-ring (bicyclic) bond motifs is 1. The number of alkyl halides is 1. The molecular formula is C15H13BrN2O2S. The van der Waals surface area contributed by atoms with E-state index >= 15 is 0 Å². The zero-order valence-electron chi connectivity index (χ0n) is 11.3. The van der Waals surface area contributed by atoms with Gasteiger partial charge in [-0.2, -0.15) is 0 Å². The molecule has 0 spiro atoms. The molecule has 6 heteroatoms. The SMILES string of the molecule is CCc1ccc(C(Br)c2ccc3[nH]c(=O)c(=O)[nH]c3c2)s1. The number of aromatic amines is 2. The van der Waals surface area contributed by atoms with Crippen molar-refractivity contribution in [2.24, 2.45) is 0 Å². The molecule has 1 aromatic carbocycles. The molecule has 0 aliphatic carbocycles. The van der Waals surface area contributed by atoms with E-state index in [2.05, 4.69) is 45.0 Å². The third-order valence-electron chi connectivity index (χ3n) is 3.32. The van der Waals surface area contributed by atoms with Crippen LogP contribution in [0, 0.1) is 0 Å². The molecule has 4 nitrogen and oxygen atoms in total. The van der Waals surface area contributed by atoms with E-state index < -0.39 is 11.1 Å². The van der Waals surface area contributed by atoms with Gasteiger partial charge in [-0.15, -0.1) is 11.3 Å². The summed E-state index contributed by atoms with van der Waals surface area (Å²) < 4.78 is 0. The first-order valence-corrected chi connectivity index (χ1v) is 8.30. The van der Waals surface area contributed by atoms with Crippen molar-refractivity contribution < 1.29 is 0 Å². The molecule has 0 aliphatic rings. The van der Waals surface area contributed by atoms with Gasteiger partial charge in [0.2, 0.25) is 0 Å². The molecule has 21 heavy (non-hydrogen) atoms. The summed E-state index contributed by atoms with van der Waals surface area (Å²) in [5.74, 6) is 0. The average molecular weight is 365 g/mol. The van der Waals surface area contributed by atoms with E-state index in [0.29, 0.717) is 11.0 Å². The number of aryl methyl sites for hydroxylation is 1. The molecule has 1 unspecified atom stereocenters. The predicted octanol–water partition coefficient (Wildman–Crippen LogP) is 3.32. The number of aromatic nitrogens is 2. The van der Waals surface area contributed by atoms with Crippen molar-refractivity contribution in [2.45, 2.75) is 18.2 Å². The van der Waals surface area contributed by atoms with E-state index in [9.17, 15) is 9.59 Å². The third-order valence-corrected chi connectivity index (χ3v) is 5.94. The highest BCUT2D eigenvalue weighted by molar-refractivity contribution is 9.09. The Morgan fingerprint density at radius 2 is 1.81 bits per heavy atom. The quantitative estimate of drug-likeness (QED) is 0.552.